The Morgan fingerprint density at radius 3 is 2.74 bits per heavy atom. The summed E-state index contributed by atoms with van der Waals surface area (Å²) in [5.41, 5.74) is 1.17. The molecule has 4 heterocycles. The Balaban J connectivity index is 1.30. The number of esters is 1. The van der Waals surface area contributed by atoms with Crippen molar-refractivity contribution in [1.82, 2.24) is 19.9 Å². The van der Waals surface area contributed by atoms with Crippen molar-refractivity contribution in [2.75, 3.05) is 37.7 Å². The molecule has 1 aliphatic rings. The highest BCUT2D eigenvalue weighted by Gasteiger charge is 2.25. The Kier molecular flexibility index (Phi) is 8.25. The first-order chi connectivity index (χ1) is 16.4. The molecule has 4 rings (SSSR count). The summed E-state index contributed by atoms with van der Waals surface area (Å²) >= 11 is 8.98. The first kappa shape index (κ1) is 24.7. The molecule has 0 amide bonds. The summed E-state index contributed by atoms with van der Waals surface area (Å²) in [6, 6.07) is 2.14. The van der Waals surface area contributed by atoms with Crippen molar-refractivity contribution in [3.63, 3.8) is 0 Å². The average molecular weight is 520 g/mol. The molecule has 1 fully saturated rings. The van der Waals surface area contributed by atoms with Crippen LogP contribution < -0.4 is 4.90 Å². The van der Waals surface area contributed by atoms with Crippen LogP contribution in [0.5, 0.6) is 0 Å². The number of thiophene rings is 1. The number of aromatic nitrogens is 3. The number of rotatable bonds is 9. The molecule has 3 aromatic rings. The standard InChI is InChI=1S/C23H26ClN5O3S2/c1-3-32-23(31)4-5-28-6-7-29(12-15(28)2)21-11-25-17(10-26-21)19(30)9-22-27-18(14-34-22)20-8-16(24)13-33-20/h8,10-11,13-15H,3-7,9,12H2,1-2H3/t15-/m0/s1. The topological polar surface area (TPSA) is 88.5 Å². The number of ketones is 1. The third kappa shape index (κ3) is 6.18. The summed E-state index contributed by atoms with van der Waals surface area (Å²) in [6.45, 7) is 7.43. The highest BCUT2D eigenvalue weighted by atomic mass is 35.5. The second kappa shape index (κ2) is 11.4. The fourth-order valence-corrected chi connectivity index (χ4v) is 5.72. The van der Waals surface area contributed by atoms with E-state index in [0.29, 0.717) is 30.3 Å². The monoisotopic (exact) mass is 519 g/mol. The molecule has 180 valence electrons. The molecule has 0 saturated carbocycles. The van der Waals surface area contributed by atoms with Crippen molar-refractivity contribution < 1.29 is 14.3 Å². The lowest BCUT2D eigenvalue weighted by Gasteiger charge is -2.40. The van der Waals surface area contributed by atoms with Crippen LogP contribution >= 0.6 is 34.3 Å². The van der Waals surface area contributed by atoms with Crippen LogP contribution in [0, 0.1) is 0 Å². The smallest absolute Gasteiger partial charge is 0.307 e. The first-order valence-electron chi connectivity index (χ1n) is 11.1. The van der Waals surface area contributed by atoms with Gasteiger partial charge in [-0.05, 0) is 19.9 Å². The minimum atomic E-state index is -0.159. The zero-order valence-corrected chi connectivity index (χ0v) is 21.5. The first-order valence-corrected chi connectivity index (χ1v) is 13.2. The summed E-state index contributed by atoms with van der Waals surface area (Å²) in [5.74, 6) is 0.481. The number of hydrogen-bond acceptors (Lipinski definition) is 10. The molecule has 0 bridgehead atoms. The van der Waals surface area contributed by atoms with Gasteiger partial charge in [-0.3, -0.25) is 14.5 Å². The van der Waals surface area contributed by atoms with E-state index in [1.807, 2.05) is 23.8 Å². The fraction of sp³-hybridized carbons (Fsp3) is 0.435. The maximum Gasteiger partial charge on any atom is 0.307 e. The van der Waals surface area contributed by atoms with Gasteiger partial charge in [-0.1, -0.05) is 11.6 Å². The minimum absolute atomic E-state index is 0.110. The fourth-order valence-electron chi connectivity index (χ4n) is 3.81. The average Bonchev–Trinajstić information content (AvgIpc) is 3.47. The van der Waals surface area contributed by atoms with Gasteiger partial charge in [0.15, 0.2) is 5.78 Å². The molecule has 0 unspecified atom stereocenters. The Hall–Kier alpha value is -2.40. The maximum atomic E-state index is 12.7. The predicted octanol–water partition coefficient (Wildman–Crippen LogP) is 4.20. The number of anilines is 1. The van der Waals surface area contributed by atoms with Crippen LogP contribution in [-0.4, -0.2) is 70.4 Å². The summed E-state index contributed by atoms with van der Waals surface area (Å²) in [5, 5.41) is 5.23. The summed E-state index contributed by atoms with van der Waals surface area (Å²) in [4.78, 5) is 43.2. The molecule has 11 heteroatoms. The highest BCUT2D eigenvalue weighted by molar-refractivity contribution is 7.15. The number of ether oxygens (including phenoxy) is 1. The second-order valence-electron chi connectivity index (χ2n) is 8.00. The Morgan fingerprint density at radius 2 is 2.06 bits per heavy atom. The van der Waals surface area contributed by atoms with E-state index in [9.17, 15) is 9.59 Å². The van der Waals surface area contributed by atoms with Crippen LogP contribution in [0.3, 0.4) is 0 Å². The highest BCUT2D eigenvalue weighted by Crippen LogP contribution is 2.30. The van der Waals surface area contributed by atoms with E-state index in [1.165, 1.54) is 22.7 Å². The molecule has 34 heavy (non-hydrogen) atoms. The van der Waals surface area contributed by atoms with E-state index in [1.54, 1.807) is 12.4 Å². The molecule has 0 N–H and O–H groups in total. The van der Waals surface area contributed by atoms with Gasteiger partial charge >= 0.3 is 5.97 Å². The van der Waals surface area contributed by atoms with E-state index >= 15 is 0 Å². The van der Waals surface area contributed by atoms with Gasteiger partial charge in [0.1, 0.15) is 16.5 Å². The minimum Gasteiger partial charge on any atom is -0.466 e. The van der Waals surface area contributed by atoms with Crippen molar-refractivity contribution >= 4 is 51.8 Å². The van der Waals surface area contributed by atoms with Crippen LogP contribution in [0.2, 0.25) is 5.02 Å². The number of nitrogens with zero attached hydrogens (tertiary/aromatic N) is 5. The molecule has 1 aliphatic heterocycles. The molecule has 3 aromatic heterocycles. The van der Waals surface area contributed by atoms with Gasteiger partial charge in [-0.2, -0.15) is 0 Å². The van der Waals surface area contributed by atoms with Gasteiger partial charge < -0.3 is 9.64 Å². The number of thiazole rings is 1. The van der Waals surface area contributed by atoms with Gasteiger partial charge in [0, 0.05) is 43.0 Å². The zero-order chi connectivity index (χ0) is 24.1. The normalized spacial score (nSPS) is 16.6. The third-order valence-corrected chi connectivity index (χ3v) is 7.75. The van der Waals surface area contributed by atoms with Crippen LogP contribution in [0.1, 0.15) is 35.8 Å². The molecular formula is C23H26ClN5O3S2. The lowest BCUT2D eigenvalue weighted by Crippen LogP contribution is -2.52. The van der Waals surface area contributed by atoms with E-state index < -0.39 is 0 Å². The Labute approximate surface area is 211 Å². The number of Topliss-reactive ketones (excluding diaryl/α,β-unsaturated/α-hetero) is 1. The second-order valence-corrected chi connectivity index (χ2v) is 10.3. The third-order valence-electron chi connectivity index (χ3n) is 5.60. The number of carbonyl (C=O) groups excluding carboxylic acids is 2. The number of halogens is 1. The van der Waals surface area contributed by atoms with Gasteiger partial charge in [0.25, 0.3) is 0 Å². The molecule has 0 radical (unpaired) electrons. The van der Waals surface area contributed by atoms with Crippen molar-refractivity contribution in [2.24, 2.45) is 0 Å². The number of hydrogen-bond donors (Lipinski definition) is 0. The van der Waals surface area contributed by atoms with Crippen LogP contribution in [-0.2, 0) is 16.0 Å². The number of carbonyl (C=O) groups is 2. The van der Waals surface area contributed by atoms with Gasteiger partial charge in [-0.15, -0.1) is 22.7 Å². The SMILES string of the molecule is CCOC(=O)CCN1CCN(c2cnc(C(=O)Cc3nc(-c4cc(Cl)cs4)cs3)cn2)C[C@@H]1C. The summed E-state index contributed by atoms with van der Waals surface area (Å²) in [7, 11) is 0. The number of piperazine rings is 1. The molecule has 0 aromatic carbocycles. The van der Waals surface area contributed by atoms with Crippen LogP contribution in [0.25, 0.3) is 10.6 Å². The van der Waals surface area contributed by atoms with Crippen molar-refractivity contribution in [3.8, 4) is 10.6 Å². The zero-order valence-electron chi connectivity index (χ0n) is 19.1. The molecule has 1 saturated heterocycles. The van der Waals surface area contributed by atoms with Crippen molar-refractivity contribution in [2.45, 2.75) is 32.7 Å². The van der Waals surface area contributed by atoms with Crippen LogP contribution in [0.4, 0.5) is 5.82 Å². The molecule has 1 atom stereocenters. The summed E-state index contributed by atoms with van der Waals surface area (Å²) < 4.78 is 5.02. The van der Waals surface area contributed by atoms with Crippen LogP contribution in [0.15, 0.2) is 29.2 Å². The van der Waals surface area contributed by atoms with Crippen molar-refractivity contribution in [1.29, 1.82) is 0 Å². The summed E-state index contributed by atoms with van der Waals surface area (Å²) in [6.07, 6.45) is 3.79. The quantitative estimate of drug-likeness (QED) is 0.307. The Morgan fingerprint density at radius 1 is 1.21 bits per heavy atom. The Bertz CT molecular complexity index is 1130. The molecule has 8 nitrogen and oxygen atoms in total. The lowest BCUT2D eigenvalue weighted by molar-refractivity contribution is -0.143. The van der Waals surface area contributed by atoms with E-state index in [4.69, 9.17) is 16.3 Å². The predicted molar refractivity (Wildman–Crippen MR) is 135 cm³/mol. The van der Waals surface area contributed by atoms with Gasteiger partial charge in [-0.25, -0.2) is 15.0 Å². The van der Waals surface area contributed by atoms with Crippen molar-refractivity contribution in [3.05, 3.63) is 44.9 Å². The molecular weight excluding hydrogens is 494 g/mol. The molecule has 0 spiro atoms. The largest absolute Gasteiger partial charge is 0.466 e. The van der Waals surface area contributed by atoms with E-state index in [2.05, 4.69) is 31.7 Å². The van der Waals surface area contributed by atoms with E-state index in [-0.39, 0.29) is 24.2 Å². The van der Waals surface area contributed by atoms with Gasteiger partial charge in [0.05, 0.1) is 47.4 Å². The molecule has 0 aliphatic carbocycles. The lowest BCUT2D eigenvalue weighted by atomic mass is 10.2. The maximum absolute atomic E-state index is 12.7. The van der Waals surface area contributed by atoms with Gasteiger partial charge in [0.2, 0.25) is 0 Å². The van der Waals surface area contributed by atoms with E-state index in [0.717, 1.165) is 41.0 Å².